The number of fused-ring (bicyclic) bond motifs is 1. The summed E-state index contributed by atoms with van der Waals surface area (Å²) in [5.41, 5.74) is 0.471. The molecule has 0 amide bonds. The smallest absolute Gasteiger partial charge is 0.187 e. The molecule has 118 valence electrons. The molecule has 0 saturated heterocycles. The van der Waals surface area contributed by atoms with Crippen molar-refractivity contribution < 1.29 is 22.3 Å². The lowest BCUT2D eigenvalue weighted by atomic mass is 10.2. The van der Waals surface area contributed by atoms with Crippen LogP contribution in [0.25, 0.3) is 0 Å². The van der Waals surface area contributed by atoms with E-state index in [0.29, 0.717) is 16.2 Å². The molecule has 0 aliphatic carbocycles. The summed E-state index contributed by atoms with van der Waals surface area (Å²) < 4.78 is 51.0. The van der Waals surface area contributed by atoms with Crippen molar-refractivity contribution in [3.8, 4) is 5.75 Å². The van der Waals surface area contributed by atoms with Gasteiger partial charge in [0, 0.05) is 0 Å². The molecule has 1 unspecified atom stereocenters. The number of methoxy groups -OCH3 is 1. The molecule has 0 fully saturated rings. The Morgan fingerprint density at radius 3 is 2.36 bits per heavy atom. The molecular weight excluding hydrogens is 324 g/mol. The molecule has 0 spiro atoms. The molecule has 1 aliphatic rings. The normalized spacial score (nSPS) is 21.1. The van der Waals surface area contributed by atoms with Crippen LogP contribution in [0.1, 0.15) is 10.8 Å². The van der Waals surface area contributed by atoms with Crippen LogP contribution in [0.15, 0.2) is 58.3 Å². The second kappa shape index (κ2) is 5.27. The first-order valence-corrected chi connectivity index (χ1v) is 9.85. The number of rotatable bonds is 3. The molecule has 7 heteroatoms. The predicted octanol–water partition coefficient (Wildman–Crippen LogP) is 3.33. The van der Waals surface area contributed by atoms with Crippen LogP contribution in [-0.4, -0.2) is 30.4 Å². The van der Waals surface area contributed by atoms with Gasteiger partial charge in [-0.25, -0.2) is 8.42 Å². The van der Waals surface area contributed by atoms with Crippen LogP contribution >= 0.6 is 10.6 Å². The SMILES string of the molecule is COc1ccc(S(=O)(=O)C2CS(O)(O)c3ccccc32)cc1. The van der Waals surface area contributed by atoms with Crippen LogP contribution in [0.4, 0.5) is 0 Å². The van der Waals surface area contributed by atoms with E-state index in [1.54, 1.807) is 36.4 Å². The molecule has 1 atom stereocenters. The summed E-state index contributed by atoms with van der Waals surface area (Å²) in [5, 5.41) is -0.943. The Balaban J connectivity index is 2.07. The minimum atomic E-state index is -3.70. The third kappa shape index (κ3) is 2.40. The summed E-state index contributed by atoms with van der Waals surface area (Å²) >= 11 is 0. The lowest BCUT2D eigenvalue weighted by Gasteiger charge is -2.27. The first-order chi connectivity index (χ1) is 10.4. The van der Waals surface area contributed by atoms with E-state index >= 15 is 0 Å². The summed E-state index contributed by atoms with van der Waals surface area (Å²) in [4.78, 5) is 0.474. The second-order valence-corrected chi connectivity index (χ2v) is 9.32. The lowest BCUT2D eigenvalue weighted by Crippen LogP contribution is -2.15. The van der Waals surface area contributed by atoms with E-state index in [9.17, 15) is 17.5 Å². The lowest BCUT2D eigenvalue weighted by molar-refractivity contribution is 0.414. The molecule has 22 heavy (non-hydrogen) atoms. The third-order valence-corrected chi connectivity index (χ3v) is 7.95. The van der Waals surface area contributed by atoms with Crippen LogP contribution in [0.3, 0.4) is 0 Å². The molecule has 2 N–H and O–H groups in total. The van der Waals surface area contributed by atoms with Gasteiger partial charge in [-0.3, -0.25) is 9.11 Å². The first-order valence-electron chi connectivity index (χ1n) is 6.59. The fraction of sp³-hybridized carbons (Fsp3) is 0.200. The molecule has 2 aromatic carbocycles. The maximum Gasteiger partial charge on any atom is 0.187 e. The van der Waals surface area contributed by atoms with Crippen molar-refractivity contribution in [3.05, 3.63) is 54.1 Å². The topological polar surface area (TPSA) is 83.8 Å². The molecule has 0 saturated carbocycles. The Labute approximate surface area is 130 Å². The number of sulfone groups is 1. The molecule has 0 aromatic heterocycles. The summed E-state index contributed by atoms with van der Waals surface area (Å²) in [5.74, 6) is 0.371. The minimum absolute atomic E-state index is 0.144. The number of hydrogen-bond acceptors (Lipinski definition) is 5. The fourth-order valence-electron chi connectivity index (χ4n) is 2.62. The maximum absolute atomic E-state index is 12.8. The zero-order chi connectivity index (χ0) is 16.0. The van der Waals surface area contributed by atoms with E-state index in [1.165, 1.54) is 19.2 Å². The predicted molar refractivity (Wildman–Crippen MR) is 85.3 cm³/mol. The number of hydrogen-bond donors (Lipinski definition) is 2. The van der Waals surface area contributed by atoms with E-state index in [4.69, 9.17) is 4.74 Å². The van der Waals surface area contributed by atoms with Gasteiger partial charge in [0.15, 0.2) is 9.84 Å². The Kier molecular flexibility index (Phi) is 3.68. The van der Waals surface area contributed by atoms with Gasteiger partial charge in [0.05, 0.1) is 22.7 Å². The van der Waals surface area contributed by atoms with Gasteiger partial charge in [-0.2, -0.15) is 10.6 Å². The van der Waals surface area contributed by atoms with E-state index < -0.39 is 25.7 Å². The van der Waals surface area contributed by atoms with Crippen molar-refractivity contribution in [2.24, 2.45) is 0 Å². The standard InChI is InChI=1S/C15H16O5S2/c1-20-11-6-8-12(9-7-11)22(18,19)15-10-21(16,17)14-5-3-2-4-13(14)15/h2-9,15-17H,10H2,1H3. The molecule has 2 aromatic rings. The van der Waals surface area contributed by atoms with Crippen molar-refractivity contribution in [2.45, 2.75) is 15.0 Å². The van der Waals surface area contributed by atoms with Gasteiger partial charge >= 0.3 is 0 Å². The monoisotopic (exact) mass is 340 g/mol. The molecule has 0 bridgehead atoms. The number of benzene rings is 2. The van der Waals surface area contributed by atoms with E-state index in [2.05, 4.69) is 0 Å². The van der Waals surface area contributed by atoms with Crippen molar-refractivity contribution in [3.63, 3.8) is 0 Å². The average molecular weight is 340 g/mol. The molecule has 1 heterocycles. The van der Waals surface area contributed by atoms with Crippen LogP contribution in [0.5, 0.6) is 5.75 Å². The van der Waals surface area contributed by atoms with Crippen LogP contribution in [0.2, 0.25) is 0 Å². The van der Waals surface area contributed by atoms with Crippen LogP contribution in [0, 0.1) is 0 Å². The van der Waals surface area contributed by atoms with Crippen molar-refractivity contribution >= 4 is 20.4 Å². The summed E-state index contributed by atoms with van der Waals surface area (Å²) in [6.45, 7) is 0. The Morgan fingerprint density at radius 2 is 1.73 bits per heavy atom. The molecule has 3 rings (SSSR count). The maximum atomic E-state index is 12.8. The quantitative estimate of drug-likeness (QED) is 0.895. The molecule has 0 radical (unpaired) electrons. The first kappa shape index (κ1) is 15.4. The Bertz CT molecular complexity index is 797. The van der Waals surface area contributed by atoms with E-state index in [-0.39, 0.29) is 10.6 Å². The van der Waals surface area contributed by atoms with Gasteiger partial charge in [0.1, 0.15) is 11.0 Å². The highest BCUT2D eigenvalue weighted by Gasteiger charge is 2.42. The number of ether oxygens (including phenoxy) is 1. The highest BCUT2D eigenvalue weighted by atomic mass is 32.3. The second-order valence-electron chi connectivity index (χ2n) is 5.08. The van der Waals surface area contributed by atoms with Gasteiger partial charge in [-0.05, 0) is 35.9 Å². The molecule has 1 aliphatic heterocycles. The van der Waals surface area contributed by atoms with Crippen molar-refractivity contribution in [1.29, 1.82) is 0 Å². The Hall–Kier alpha value is -1.54. The minimum Gasteiger partial charge on any atom is -0.497 e. The van der Waals surface area contributed by atoms with Crippen molar-refractivity contribution in [1.82, 2.24) is 0 Å². The van der Waals surface area contributed by atoms with Gasteiger partial charge < -0.3 is 4.74 Å². The van der Waals surface area contributed by atoms with Gasteiger partial charge in [-0.1, -0.05) is 18.2 Å². The summed E-state index contributed by atoms with van der Waals surface area (Å²) in [6, 6.07) is 12.7. The van der Waals surface area contributed by atoms with Crippen LogP contribution in [-0.2, 0) is 9.84 Å². The highest BCUT2D eigenvalue weighted by molar-refractivity contribution is 8.25. The van der Waals surface area contributed by atoms with E-state index in [0.717, 1.165) is 0 Å². The largest absolute Gasteiger partial charge is 0.497 e. The molecule has 5 nitrogen and oxygen atoms in total. The van der Waals surface area contributed by atoms with Gasteiger partial charge in [-0.15, -0.1) is 0 Å². The van der Waals surface area contributed by atoms with Gasteiger partial charge in [0.2, 0.25) is 0 Å². The fourth-order valence-corrected chi connectivity index (χ4v) is 7.03. The average Bonchev–Trinajstić information content (AvgIpc) is 2.80. The zero-order valence-corrected chi connectivity index (χ0v) is 13.5. The van der Waals surface area contributed by atoms with E-state index in [1.807, 2.05) is 0 Å². The summed E-state index contributed by atoms with van der Waals surface area (Å²) in [6.07, 6.45) is 0. The van der Waals surface area contributed by atoms with Gasteiger partial charge in [0.25, 0.3) is 0 Å². The third-order valence-electron chi connectivity index (χ3n) is 3.76. The van der Waals surface area contributed by atoms with Crippen LogP contribution < -0.4 is 4.74 Å². The molecular formula is C15H16O5S2. The Morgan fingerprint density at radius 1 is 1.09 bits per heavy atom. The zero-order valence-electron chi connectivity index (χ0n) is 11.8. The highest BCUT2D eigenvalue weighted by Crippen LogP contribution is 2.61. The van der Waals surface area contributed by atoms with Crippen molar-refractivity contribution in [2.75, 3.05) is 12.9 Å². The summed E-state index contributed by atoms with van der Waals surface area (Å²) in [7, 11) is -5.26.